The summed E-state index contributed by atoms with van der Waals surface area (Å²) >= 11 is 0. The number of rotatable bonds is 6. The summed E-state index contributed by atoms with van der Waals surface area (Å²) in [6.07, 6.45) is 1.24. The Hall–Kier alpha value is -2.76. The molecular formula is C14H12O6. The van der Waals surface area contributed by atoms with Crippen molar-refractivity contribution in [1.29, 1.82) is 0 Å². The summed E-state index contributed by atoms with van der Waals surface area (Å²) in [6.45, 7) is 0.0659. The molecule has 0 amide bonds. The van der Waals surface area contributed by atoms with Gasteiger partial charge in [0.1, 0.15) is 12.4 Å². The van der Waals surface area contributed by atoms with Gasteiger partial charge in [0.05, 0.1) is 12.7 Å². The summed E-state index contributed by atoms with van der Waals surface area (Å²) in [5, 5.41) is 17.5. The van der Waals surface area contributed by atoms with Crippen LogP contribution in [0.4, 0.5) is 0 Å². The first-order chi connectivity index (χ1) is 9.56. The van der Waals surface area contributed by atoms with Crippen LogP contribution >= 0.6 is 0 Å². The summed E-state index contributed by atoms with van der Waals surface area (Å²) in [7, 11) is 0. The number of ether oxygens (including phenoxy) is 1. The molecule has 0 aliphatic rings. The first-order valence-electron chi connectivity index (χ1n) is 5.79. The van der Waals surface area contributed by atoms with Gasteiger partial charge in [-0.2, -0.15) is 0 Å². The van der Waals surface area contributed by atoms with Crippen LogP contribution in [0.2, 0.25) is 0 Å². The molecule has 1 aromatic heterocycles. The lowest BCUT2D eigenvalue weighted by atomic mass is 10.1. The van der Waals surface area contributed by atoms with Crippen LogP contribution in [0, 0.1) is 0 Å². The smallest absolute Gasteiger partial charge is 0.372 e. The number of aromatic carboxylic acids is 1. The lowest BCUT2D eigenvalue weighted by Crippen LogP contribution is -2.03. The highest BCUT2D eigenvalue weighted by molar-refractivity contribution is 5.86. The Morgan fingerprint density at radius 2 is 1.80 bits per heavy atom. The van der Waals surface area contributed by atoms with E-state index in [1.165, 1.54) is 12.3 Å². The SMILES string of the molecule is O=C(O)Cc1ccc(OCc2ccoc2C(=O)O)cc1. The number of carboxylic acids is 2. The second-order valence-corrected chi connectivity index (χ2v) is 4.08. The number of carboxylic acid groups (broad SMARTS) is 2. The fourth-order valence-electron chi connectivity index (χ4n) is 1.68. The molecule has 0 unspecified atom stereocenters. The number of furan rings is 1. The van der Waals surface area contributed by atoms with E-state index in [0.717, 1.165) is 0 Å². The molecule has 104 valence electrons. The Morgan fingerprint density at radius 1 is 1.10 bits per heavy atom. The highest BCUT2D eigenvalue weighted by Crippen LogP contribution is 2.17. The lowest BCUT2D eigenvalue weighted by molar-refractivity contribution is -0.136. The summed E-state index contributed by atoms with van der Waals surface area (Å²) < 4.78 is 10.3. The van der Waals surface area contributed by atoms with Gasteiger partial charge in [0.25, 0.3) is 0 Å². The van der Waals surface area contributed by atoms with E-state index in [1.54, 1.807) is 24.3 Å². The molecule has 6 heteroatoms. The molecule has 2 N–H and O–H groups in total. The molecule has 2 rings (SSSR count). The fraction of sp³-hybridized carbons (Fsp3) is 0.143. The van der Waals surface area contributed by atoms with Crippen LogP contribution in [0.15, 0.2) is 41.0 Å². The van der Waals surface area contributed by atoms with Crippen molar-refractivity contribution in [3.63, 3.8) is 0 Å². The van der Waals surface area contributed by atoms with Crippen molar-refractivity contribution in [2.24, 2.45) is 0 Å². The van der Waals surface area contributed by atoms with Crippen LogP contribution in [0.3, 0.4) is 0 Å². The van der Waals surface area contributed by atoms with Crippen LogP contribution < -0.4 is 4.74 Å². The van der Waals surface area contributed by atoms with E-state index in [1.807, 2.05) is 0 Å². The molecule has 0 bridgehead atoms. The van der Waals surface area contributed by atoms with Crippen molar-refractivity contribution >= 4 is 11.9 Å². The van der Waals surface area contributed by atoms with Crippen molar-refractivity contribution in [1.82, 2.24) is 0 Å². The Bertz CT molecular complexity index is 611. The standard InChI is InChI=1S/C14H12O6/c15-12(16)7-9-1-3-11(4-2-9)20-8-10-5-6-19-13(10)14(17)18/h1-6H,7-8H2,(H,15,16)(H,17,18). The van der Waals surface area contributed by atoms with Crippen LogP contribution in [0.25, 0.3) is 0 Å². The van der Waals surface area contributed by atoms with E-state index in [-0.39, 0.29) is 18.8 Å². The molecule has 1 aromatic carbocycles. The molecule has 20 heavy (non-hydrogen) atoms. The maximum atomic E-state index is 10.8. The average Bonchev–Trinajstić information content (AvgIpc) is 2.86. The van der Waals surface area contributed by atoms with Crippen molar-refractivity contribution in [3.8, 4) is 5.75 Å². The van der Waals surface area contributed by atoms with Gasteiger partial charge in [0.2, 0.25) is 5.76 Å². The van der Waals surface area contributed by atoms with E-state index in [0.29, 0.717) is 16.9 Å². The third-order valence-corrected chi connectivity index (χ3v) is 2.61. The minimum atomic E-state index is -1.15. The summed E-state index contributed by atoms with van der Waals surface area (Å²) in [4.78, 5) is 21.4. The third kappa shape index (κ3) is 3.38. The van der Waals surface area contributed by atoms with Gasteiger partial charge >= 0.3 is 11.9 Å². The Balaban J connectivity index is 1.98. The predicted octanol–water partition coefficient (Wildman–Crippen LogP) is 2.18. The largest absolute Gasteiger partial charge is 0.489 e. The van der Waals surface area contributed by atoms with Crippen molar-refractivity contribution < 1.29 is 29.0 Å². The molecule has 0 atom stereocenters. The predicted molar refractivity (Wildman–Crippen MR) is 67.8 cm³/mol. The molecule has 0 aliphatic heterocycles. The summed E-state index contributed by atoms with van der Waals surface area (Å²) in [6, 6.07) is 8.10. The second-order valence-electron chi connectivity index (χ2n) is 4.08. The lowest BCUT2D eigenvalue weighted by Gasteiger charge is -2.06. The Labute approximate surface area is 114 Å². The number of carbonyl (C=O) groups is 2. The topological polar surface area (TPSA) is 97.0 Å². The first kappa shape index (κ1) is 13.7. The van der Waals surface area contributed by atoms with Gasteiger partial charge in [-0.15, -0.1) is 0 Å². The molecule has 0 fully saturated rings. The maximum Gasteiger partial charge on any atom is 0.372 e. The molecule has 0 saturated heterocycles. The zero-order valence-electron chi connectivity index (χ0n) is 10.4. The summed E-state index contributed by atoms with van der Waals surface area (Å²) in [5.41, 5.74) is 1.10. The van der Waals surface area contributed by atoms with E-state index in [2.05, 4.69) is 0 Å². The molecule has 0 radical (unpaired) electrons. The highest BCUT2D eigenvalue weighted by Gasteiger charge is 2.14. The highest BCUT2D eigenvalue weighted by atomic mass is 16.5. The normalized spacial score (nSPS) is 10.2. The van der Waals surface area contributed by atoms with Crippen LogP contribution in [0.1, 0.15) is 21.7 Å². The van der Waals surface area contributed by atoms with Gasteiger partial charge in [-0.05, 0) is 23.8 Å². The average molecular weight is 276 g/mol. The van der Waals surface area contributed by atoms with Gasteiger partial charge in [-0.25, -0.2) is 4.79 Å². The quantitative estimate of drug-likeness (QED) is 0.839. The number of hydrogen-bond donors (Lipinski definition) is 2. The Morgan fingerprint density at radius 3 is 2.40 bits per heavy atom. The van der Waals surface area contributed by atoms with Crippen molar-refractivity contribution in [2.45, 2.75) is 13.0 Å². The van der Waals surface area contributed by atoms with E-state index in [4.69, 9.17) is 19.4 Å². The second kappa shape index (κ2) is 5.92. The van der Waals surface area contributed by atoms with Crippen LogP contribution in [0.5, 0.6) is 5.75 Å². The summed E-state index contributed by atoms with van der Waals surface area (Å²) in [5.74, 6) is -1.67. The fourth-order valence-corrected chi connectivity index (χ4v) is 1.68. The van der Waals surface area contributed by atoms with Crippen LogP contribution in [-0.2, 0) is 17.8 Å². The zero-order valence-corrected chi connectivity index (χ0v) is 10.4. The number of hydrogen-bond acceptors (Lipinski definition) is 4. The van der Waals surface area contributed by atoms with Crippen molar-refractivity contribution in [2.75, 3.05) is 0 Å². The third-order valence-electron chi connectivity index (χ3n) is 2.61. The molecule has 0 spiro atoms. The maximum absolute atomic E-state index is 10.8. The Kier molecular flexibility index (Phi) is 4.05. The first-order valence-corrected chi connectivity index (χ1v) is 5.79. The van der Waals surface area contributed by atoms with E-state index < -0.39 is 11.9 Å². The number of aliphatic carboxylic acids is 1. The molecule has 6 nitrogen and oxygen atoms in total. The van der Waals surface area contributed by atoms with E-state index in [9.17, 15) is 9.59 Å². The van der Waals surface area contributed by atoms with Gasteiger partial charge < -0.3 is 19.4 Å². The minimum absolute atomic E-state index is 0.0504. The molecule has 0 saturated carbocycles. The molecule has 1 heterocycles. The van der Waals surface area contributed by atoms with Crippen LogP contribution in [-0.4, -0.2) is 22.2 Å². The number of benzene rings is 1. The van der Waals surface area contributed by atoms with Crippen molar-refractivity contribution in [3.05, 3.63) is 53.5 Å². The van der Waals surface area contributed by atoms with Gasteiger partial charge in [0, 0.05) is 5.56 Å². The van der Waals surface area contributed by atoms with Gasteiger partial charge in [0.15, 0.2) is 0 Å². The molecular weight excluding hydrogens is 264 g/mol. The molecule has 2 aromatic rings. The van der Waals surface area contributed by atoms with Gasteiger partial charge in [-0.1, -0.05) is 12.1 Å². The van der Waals surface area contributed by atoms with Gasteiger partial charge in [-0.3, -0.25) is 4.79 Å². The monoisotopic (exact) mass is 276 g/mol. The molecule has 0 aliphatic carbocycles. The zero-order chi connectivity index (χ0) is 14.5. The van der Waals surface area contributed by atoms with E-state index >= 15 is 0 Å². The minimum Gasteiger partial charge on any atom is -0.489 e.